The quantitative estimate of drug-likeness (QED) is 0.687. The molecule has 2 aromatic rings. The van der Waals surface area contributed by atoms with Crippen LogP contribution >= 0.6 is 0 Å². The number of fused-ring (bicyclic) bond motifs is 1. The average Bonchev–Trinajstić information content (AvgIpc) is 2.36. The van der Waals surface area contributed by atoms with Crippen LogP contribution in [0.2, 0.25) is 0 Å². The summed E-state index contributed by atoms with van der Waals surface area (Å²) in [7, 11) is 0. The Hall–Kier alpha value is -1.28. The third-order valence-electron chi connectivity index (χ3n) is 3.81. The van der Waals surface area contributed by atoms with Crippen LogP contribution in [0.3, 0.4) is 0 Å². The Morgan fingerprint density at radius 3 is 3.00 bits per heavy atom. The smallest absolute Gasteiger partial charge is 0.0459 e. The van der Waals surface area contributed by atoms with Crippen molar-refractivity contribution in [3.05, 3.63) is 35.5 Å². The minimum Gasteiger partial charge on any atom is -0.358 e. The highest BCUT2D eigenvalue weighted by molar-refractivity contribution is 5.84. The molecule has 15 heavy (non-hydrogen) atoms. The monoisotopic (exact) mass is 198 g/mol. The standard InChI is InChI=1S/C13H14N2/c1-2-4-12-10(3-1)11-8-15-6-9(7-15)5-13(11)14-12/h1-4,9,14H,5-8H2. The summed E-state index contributed by atoms with van der Waals surface area (Å²) < 4.78 is 0. The van der Waals surface area contributed by atoms with Gasteiger partial charge in [0.15, 0.2) is 0 Å². The summed E-state index contributed by atoms with van der Waals surface area (Å²) in [4.78, 5) is 6.14. The average molecular weight is 198 g/mol. The molecule has 4 heterocycles. The maximum atomic E-state index is 3.59. The van der Waals surface area contributed by atoms with Gasteiger partial charge in [0.25, 0.3) is 0 Å². The van der Waals surface area contributed by atoms with Crippen molar-refractivity contribution in [1.29, 1.82) is 0 Å². The number of rotatable bonds is 0. The molecule has 0 unspecified atom stereocenters. The number of hydrogen-bond donors (Lipinski definition) is 1. The molecule has 0 radical (unpaired) electrons. The predicted octanol–water partition coefficient (Wildman–Crippen LogP) is 2.16. The number of aromatic amines is 1. The first-order valence-corrected chi connectivity index (χ1v) is 5.71. The summed E-state index contributed by atoms with van der Waals surface area (Å²) in [5, 5.41) is 1.43. The highest BCUT2D eigenvalue weighted by atomic mass is 15.2. The number of para-hydroxylation sites is 1. The molecule has 5 rings (SSSR count). The Labute approximate surface area is 88.9 Å². The largest absolute Gasteiger partial charge is 0.358 e. The molecule has 1 aromatic heterocycles. The summed E-state index contributed by atoms with van der Waals surface area (Å²) in [6.07, 6.45) is 1.25. The van der Waals surface area contributed by atoms with E-state index in [0.717, 1.165) is 12.5 Å². The predicted molar refractivity (Wildman–Crippen MR) is 60.8 cm³/mol. The molecule has 1 saturated heterocycles. The van der Waals surface area contributed by atoms with E-state index >= 15 is 0 Å². The van der Waals surface area contributed by atoms with Crippen LogP contribution in [0, 0.1) is 5.92 Å². The molecular formula is C13H14N2. The van der Waals surface area contributed by atoms with E-state index in [0.29, 0.717) is 0 Å². The van der Waals surface area contributed by atoms with Crippen molar-refractivity contribution in [2.24, 2.45) is 5.92 Å². The summed E-state index contributed by atoms with van der Waals surface area (Å²) in [6.45, 7) is 3.75. The van der Waals surface area contributed by atoms with Crippen LogP contribution in [0.15, 0.2) is 24.3 Å². The fraction of sp³-hybridized carbons (Fsp3) is 0.385. The second-order valence-corrected chi connectivity index (χ2v) is 4.89. The summed E-state index contributed by atoms with van der Waals surface area (Å²) in [5.74, 6) is 0.902. The van der Waals surface area contributed by atoms with Crippen LogP contribution in [0.4, 0.5) is 0 Å². The summed E-state index contributed by atoms with van der Waals surface area (Å²) in [5.41, 5.74) is 4.34. The molecule has 3 aliphatic heterocycles. The fourth-order valence-electron chi connectivity index (χ4n) is 3.06. The fourth-order valence-corrected chi connectivity index (χ4v) is 3.06. The van der Waals surface area contributed by atoms with Gasteiger partial charge >= 0.3 is 0 Å². The highest BCUT2D eigenvalue weighted by Gasteiger charge is 2.32. The van der Waals surface area contributed by atoms with Crippen molar-refractivity contribution in [1.82, 2.24) is 9.88 Å². The number of hydrogen-bond acceptors (Lipinski definition) is 1. The third kappa shape index (κ3) is 1.03. The van der Waals surface area contributed by atoms with Crippen molar-refractivity contribution in [2.75, 3.05) is 13.1 Å². The lowest BCUT2D eigenvalue weighted by molar-refractivity contribution is 0.103. The first-order chi connectivity index (χ1) is 7.40. The molecule has 76 valence electrons. The van der Waals surface area contributed by atoms with Crippen LogP contribution < -0.4 is 0 Å². The van der Waals surface area contributed by atoms with Gasteiger partial charge in [-0.3, -0.25) is 4.90 Å². The number of benzene rings is 1. The zero-order chi connectivity index (χ0) is 9.83. The Balaban J connectivity index is 1.97. The van der Waals surface area contributed by atoms with Crippen molar-refractivity contribution in [3.8, 4) is 0 Å². The number of aromatic nitrogens is 1. The number of nitrogens with zero attached hydrogens (tertiary/aromatic N) is 1. The molecule has 3 aliphatic rings. The highest BCUT2D eigenvalue weighted by Crippen LogP contribution is 2.33. The summed E-state index contributed by atoms with van der Waals surface area (Å²) in [6, 6.07) is 8.68. The molecule has 2 nitrogen and oxygen atoms in total. The van der Waals surface area contributed by atoms with Gasteiger partial charge in [0.2, 0.25) is 0 Å². The van der Waals surface area contributed by atoms with Gasteiger partial charge in [0.1, 0.15) is 0 Å². The lowest BCUT2D eigenvalue weighted by Crippen LogP contribution is -2.44. The van der Waals surface area contributed by atoms with E-state index in [2.05, 4.69) is 34.1 Å². The van der Waals surface area contributed by atoms with Crippen LogP contribution in [0.1, 0.15) is 11.3 Å². The minimum atomic E-state index is 0.902. The van der Waals surface area contributed by atoms with Crippen molar-refractivity contribution >= 4 is 10.9 Å². The van der Waals surface area contributed by atoms with E-state index in [1.807, 2.05) is 0 Å². The Morgan fingerprint density at radius 2 is 2.07 bits per heavy atom. The first-order valence-electron chi connectivity index (χ1n) is 5.71. The third-order valence-corrected chi connectivity index (χ3v) is 3.81. The minimum absolute atomic E-state index is 0.902. The zero-order valence-corrected chi connectivity index (χ0v) is 8.66. The van der Waals surface area contributed by atoms with Gasteiger partial charge in [-0.05, 0) is 24.0 Å². The van der Waals surface area contributed by atoms with Crippen LogP contribution in [0.25, 0.3) is 10.9 Å². The number of H-pyrrole nitrogens is 1. The van der Waals surface area contributed by atoms with Crippen LogP contribution in [-0.2, 0) is 13.0 Å². The molecule has 0 saturated carbocycles. The Morgan fingerprint density at radius 1 is 1.20 bits per heavy atom. The van der Waals surface area contributed by atoms with E-state index < -0.39 is 0 Å². The van der Waals surface area contributed by atoms with Crippen LogP contribution in [-0.4, -0.2) is 23.0 Å². The van der Waals surface area contributed by atoms with Gasteiger partial charge in [-0.15, -0.1) is 0 Å². The molecule has 1 N–H and O–H groups in total. The van der Waals surface area contributed by atoms with Gasteiger partial charge in [-0.1, -0.05) is 18.2 Å². The van der Waals surface area contributed by atoms with E-state index in [-0.39, 0.29) is 0 Å². The Bertz CT molecular complexity index is 520. The van der Waals surface area contributed by atoms with Crippen molar-refractivity contribution < 1.29 is 0 Å². The second-order valence-electron chi connectivity index (χ2n) is 4.89. The molecule has 2 heteroatoms. The molecule has 0 spiro atoms. The summed E-state index contributed by atoms with van der Waals surface area (Å²) >= 11 is 0. The molecular weight excluding hydrogens is 184 g/mol. The van der Waals surface area contributed by atoms with Gasteiger partial charge in [-0.2, -0.15) is 0 Å². The molecule has 0 atom stereocenters. The van der Waals surface area contributed by atoms with Gasteiger partial charge in [0, 0.05) is 36.2 Å². The first kappa shape index (κ1) is 7.94. The lowest BCUT2D eigenvalue weighted by atomic mass is 9.97. The maximum Gasteiger partial charge on any atom is 0.0459 e. The number of nitrogens with one attached hydrogen (secondary N) is 1. The Kier molecular flexibility index (Phi) is 1.40. The SMILES string of the molecule is c1ccc2c3c([nH]c2c1)CC1CN(C3)C1. The van der Waals surface area contributed by atoms with E-state index in [4.69, 9.17) is 0 Å². The van der Waals surface area contributed by atoms with Crippen LogP contribution in [0.5, 0.6) is 0 Å². The van der Waals surface area contributed by atoms with Crippen molar-refractivity contribution in [3.63, 3.8) is 0 Å². The van der Waals surface area contributed by atoms with Crippen molar-refractivity contribution in [2.45, 2.75) is 13.0 Å². The zero-order valence-electron chi connectivity index (χ0n) is 8.66. The molecule has 2 bridgehead atoms. The molecule has 0 amide bonds. The van der Waals surface area contributed by atoms with Gasteiger partial charge < -0.3 is 4.98 Å². The van der Waals surface area contributed by atoms with Gasteiger partial charge in [-0.25, -0.2) is 0 Å². The van der Waals surface area contributed by atoms with E-state index in [9.17, 15) is 0 Å². The maximum absolute atomic E-state index is 3.59. The molecule has 1 fully saturated rings. The molecule has 0 aliphatic carbocycles. The van der Waals surface area contributed by atoms with E-state index in [1.165, 1.54) is 36.1 Å². The topological polar surface area (TPSA) is 19.0 Å². The lowest BCUT2D eigenvalue weighted by Gasteiger charge is -2.36. The molecule has 1 aromatic carbocycles. The second kappa shape index (κ2) is 2.64. The normalized spacial score (nSPS) is 28.3. The van der Waals surface area contributed by atoms with Gasteiger partial charge in [0.05, 0.1) is 0 Å². The van der Waals surface area contributed by atoms with E-state index in [1.54, 1.807) is 5.56 Å².